The van der Waals surface area contributed by atoms with E-state index < -0.39 is 34.3 Å². The Morgan fingerprint density at radius 2 is 1.65 bits per heavy atom. The number of benzene rings is 2. The molecule has 7 aliphatic rings. The molecule has 6 bridgehead atoms. The summed E-state index contributed by atoms with van der Waals surface area (Å²) in [4.78, 5) is 68.3. The van der Waals surface area contributed by atoms with E-state index in [4.69, 9.17) is 9.47 Å². The molecule has 5 fully saturated rings. The zero-order chi connectivity index (χ0) is 47.2. The van der Waals surface area contributed by atoms with Gasteiger partial charge < -0.3 is 34.5 Å². The van der Waals surface area contributed by atoms with E-state index in [-0.39, 0.29) is 84.2 Å². The first-order chi connectivity index (χ1) is 31.5. The van der Waals surface area contributed by atoms with E-state index in [2.05, 4.69) is 53.6 Å². The van der Waals surface area contributed by atoms with Crippen LogP contribution in [-0.2, 0) is 27.4 Å². The van der Waals surface area contributed by atoms with Crippen molar-refractivity contribution in [3.8, 4) is 5.75 Å². The predicted octanol–water partition coefficient (Wildman–Crippen LogP) is 6.48. The summed E-state index contributed by atoms with van der Waals surface area (Å²) < 4.78 is 38.9. The lowest BCUT2D eigenvalue weighted by Crippen LogP contribution is -2.52. The highest BCUT2D eigenvalue weighted by atomic mass is 19.1. The highest BCUT2D eigenvalue weighted by molar-refractivity contribution is 5.99. The lowest BCUT2D eigenvalue weighted by molar-refractivity contribution is -0.150. The molecule has 0 unspecified atom stereocenters. The molecule has 66 heavy (non-hydrogen) atoms. The number of carbonyl (C=O) groups is 4. The van der Waals surface area contributed by atoms with Gasteiger partial charge in [-0.2, -0.15) is 0 Å². The number of fused-ring (bicyclic) bond motifs is 10. The van der Waals surface area contributed by atoms with Gasteiger partial charge >= 0.3 is 12.1 Å². The van der Waals surface area contributed by atoms with Crippen LogP contribution in [0.4, 0.5) is 13.6 Å². The van der Waals surface area contributed by atoms with Crippen molar-refractivity contribution in [2.45, 2.75) is 141 Å². The van der Waals surface area contributed by atoms with Crippen LogP contribution in [0.15, 0.2) is 71.7 Å². The summed E-state index contributed by atoms with van der Waals surface area (Å²) in [5.41, 5.74) is -0.524. The molecule has 2 aromatic carbocycles. The molecule has 3 aliphatic carbocycles. The molecule has 16 heteroatoms. The highest BCUT2D eigenvalue weighted by Crippen LogP contribution is 2.47. The first kappa shape index (κ1) is 46.9. The SMILES string of the molecule is CC(C)(C)OC(=O)N1[C@@H]2CC[C@@H](C2)[C@@H]1CO.CCOC(=O)[C@@H]1[C@H]2C=C[C@H](C2)N1[C@H](C)c1ccccc1.O=C(NCc1ccc(F)cc1F)c1cn2c(c(O)c1=O)C(=O)N1[C@@H]3CC[C@@H](C3)[C@@H]1C2. The third-order valence-electron chi connectivity index (χ3n) is 14.5. The number of likely N-dealkylation sites (tertiary alicyclic amines) is 2. The van der Waals surface area contributed by atoms with Crippen molar-refractivity contribution in [2.75, 3.05) is 13.2 Å². The number of nitrogens with zero attached hydrogens (tertiary/aromatic N) is 4. The fraction of sp³-hybridized carbons (Fsp3) is 0.540. The average Bonchev–Trinajstić information content (AvgIpc) is 4.17. The second kappa shape index (κ2) is 18.9. The number of aromatic nitrogens is 1. The van der Waals surface area contributed by atoms with Crippen LogP contribution in [0.3, 0.4) is 0 Å². The summed E-state index contributed by atoms with van der Waals surface area (Å²) in [6, 6.07) is 14.2. The number of halogens is 2. The minimum atomic E-state index is -0.950. The second-order valence-electron chi connectivity index (χ2n) is 19.6. The number of piperidine rings is 2. The fourth-order valence-corrected chi connectivity index (χ4v) is 11.6. The molecule has 10 atom stereocenters. The van der Waals surface area contributed by atoms with Gasteiger partial charge in [-0.3, -0.25) is 29.0 Å². The van der Waals surface area contributed by atoms with Gasteiger partial charge in [-0.1, -0.05) is 48.6 Å². The Morgan fingerprint density at radius 3 is 2.35 bits per heavy atom. The molecule has 3 aromatic rings. The Morgan fingerprint density at radius 1 is 0.939 bits per heavy atom. The molecule has 1 aromatic heterocycles. The van der Waals surface area contributed by atoms with Crippen LogP contribution in [0.25, 0.3) is 0 Å². The third-order valence-corrected chi connectivity index (χ3v) is 14.5. The first-order valence-corrected chi connectivity index (χ1v) is 23.3. The number of carbonyl (C=O) groups excluding carboxylic acids is 4. The van der Waals surface area contributed by atoms with Crippen LogP contribution >= 0.6 is 0 Å². The zero-order valence-electron chi connectivity index (χ0n) is 38.2. The lowest BCUT2D eigenvalue weighted by atomic mass is 9.95. The van der Waals surface area contributed by atoms with Gasteiger partial charge in [0.25, 0.3) is 11.8 Å². The van der Waals surface area contributed by atoms with Crippen LogP contribution in [-0.4, -0.2) is 108 Å². The number of ether oxygens (including phenoxy) is 2. The lowest BCUT2D eigenvalue weighted by Gasteiger charge is -2.40. The summed E-state index contributed by atoms with van der Waals surface area (Å²) in [6.45, 7) is 10.3. The number of aliphatic hydroxyl groups is 1. The minimum absolute atomic E-state index is 0.00475. The number of hydrogen-bond donors (Lipinski definition) is 3. The normalized spacial score (nSPS) is 27.9. The number of nitrogens with one attached hydrogen (secondary N) is 1. The zero-order valence-corrected chi connectivity index (χ0v) is 38.2. The highest BCUT2D eigenvalue weighted by Gasteiger charge is 2.52. The molecule has 4 aliphatic heterocycles. The molecule has 3 saturated heterocycles. The molecule has 3 N–H and O–H groups in total. The maximum Gasteiger partial charge on any atom is 0.410 e. The van der Waals surface area contributed by atoms with Crippen LogP contribution in [0, 0.1) is 29.4 Å². The molecule has 0 radical (unpaired) electrons. The van der Waals surface area contributed by atoms with E-state index in [0.29, 0.717) is 43.0 Å². The van der Waals surface area contributed by atoms with Gasteiger partial charge in [-0.25, -0.2) is 13.6 Å². The quantitative estimate of drug-likeness (QED) is 0.168. The number of rotatable bonds is 8. The first-order valence-electron chi connectivity index (χ1n) is 23.3. The van der Waals surface area contributed by atoms with E-state index in [9.17, 15) is 43.0 Å². The summed E-state index contributed by atoms with van der Waals surface area (Å²) >= 11 is 0. The Balaban J connectivity index is 0.000000143. The summed E-state index contributed by atoms with van der Waals surface area (Å²) in [5.74, 6) is -2.40. The molecule has 3 amide bonds. The number of pyridine rings is 1. The summed E-state index contributed by atoms with van der Waals surface area (Å²) in [7, 11) is 0. The largest absolute Gasteiger partial charge is 0.503 e. The molecule has 14 nitrogen and oxygen atoms in total. The Hall–Kier alpha value is -5.61. The smallest absolute Gasteiger partial charge is 0.410 e. The fourth-order valence-electron chi connectivity index (χ4n) is 11.6. The van der Waals surface area contributed by atoms with Gasteiger partial charge in [0.05, 0.1) is 25.3 Å². The standard InChI is InChI=1S/C21H19F2N3O4.C17H21NO2.C12H21NO3/c22-12-3-1-11(15(23)6-12)7-24-20(29)14-8-25-9-16-10-2-4-13(5-10)26(16)21(30)17(25)19(28)18(14)27;1-3-20-17(19)16-14-9-10-15(11-14)18(16)12(2)13-7-5-4-6-8-13;1-12(2,3)16-11(15)13-9-5-4-8(6-9)10(13)7-14/h1,3,6,8,10,13,16,28H,2,4-5,7,9H2,(H,24,29);4-10,12,14-16H,3,11H2,1-2H3;8-10,14H,4-7H2,1-3H3/t10-,13+,16-;12-,14+,15-,16+;8-,9+,10-/m010/s1. The maximum absolute atomic E-state index is 13.8. The topological polar surface area (TPSA) is 171 Å². The van der Waals surface area contributed by atoms with Crippen LogP contribution in [0.2, 0.25) is 0 Å². The Kier molecular flexibility index (Phi) is 13.5. The van der Waals surface area contributed by atoms with Gasteiger partial charge in [-0.05, 0) is 103 Å². The van der Waals surface area contributed by atoms with Crippen molar-refractivity contribution in [2.24, 2.45) is 17.8 Å². The van der Waals surface area contributed by atoms with E-state index in [0.717, 1.165) is 51.0 Å². The van der Waals surface area contributed by atoms with Gasteiger partial charge in [0, 0.05) is 61.0 Å². The van der Waals surface area contributed by atoms with E-state index in [1.54, 1.807) is 9.80 Å². The monoisotopic (exact) mass is 913 g/mol. The molecule has 10 rings (SSSR count). The third kappa shape index (κ3) is 9.10. The van der Waals surface area contributed by atoms with Gasteiger partial charge in [0.15, 0.2) is 11.4 Å². The van der Waals surface area contributed by atoms with Crippen molar-refractivity contribution < 1.29 is 47.6 Å². The number of aromatic hydroxyl groups is 1. The molecular weight excluding hydrogens is 853 g/mol. The maximum atomic E-state index is 13.8. The van der Waals surface area contributed by atoms with Crippen LogP contribution in [0.1, 0.15) is 118 Å². The van der Waals surface area contributed by atoms with Gasteiger partial charge in [0.2, 0.25) is 5.43 Å². The molecular formula is C50H61F2N5O9. The number of hydrogen-bond acceptors (Lipinski definition) is 10. The second-order valence-corrected chi connectivity index (χ2v) is 19.6. The number of amides is 3. The van der Waals surface area contributed by atoms with Crippen molar-refractivity contribution in [1.82, 2.24) is 24.6 Å². The van der Waals surface area contributed by atoms with E-state index in [1.807, 2.05) is 33.8 Å². The van der Waals surface area contributed by atoms with E-state index in [1.165, 1.54) is 22.4 Å². The molecule has 5 heterocycles. The van der Waals surface area contributed by atoms with Gasteiger partial charge in [0.1, 0.15) is 28.8 Å². The molecule has 2 saturated carbocycles. The predicted molar refractivity (Wildman–Crippen MR) is 239 cm³/mol. The van der Waals surface area contributed by atoms with Crippen molar-refractivity contribution in [3.63, 3.8) is 0 Å². The Bertz CT molecular complexity index is 2420. The van der Waals surface area contributed by atoms with E-state index >= 15 is 0 Å². The van der Waals surface area contributed by atoms with Crippen LogP contribution in [0.5, 0.6) is 5.75 Å². The molecule has 354 valence electrons. The molecule has 0 spiro atoms. The van der Waals surface area contributed by atoms with Crippen LogP contribution < -0.4 is 10.7 Å². The number of aliphatic hydroxyl groups excluding tert-OH is 1. The average molecular weight is 914 g/mol. The summed E-state index contributed by atoms with van der Waals surface area (Å²) in [6.07, 6.45) is 12.6. The van der Waals surface area contributed by atoms with Crippen molar-refractivity contribution in [3.05, 3.63) is 111 Å². The van der Waals surface area contributed by atoms with Gasteiger partial charge in [-0.15, -0.1) is 0 Å². The Labute approximate surface area is 383 Å². The number of esters is 1. The minimum Gasteiger partial charge on any atom is -0.503 e. The van der Waals surface area contributed by atoms with Crippen molar-refractivity contribution in [1.29, 1.82) is 0 Å². The summed E-state index contributed by atoms with van der Waals surface area (Å²) in [5, 5.41) is 22.2. The van der Waals surface area contributed by atoms with Crippen molar-refractivity contribution >= 4 is 23.9 Å².